The first-order valence-corrected chi connectivity index (χ1v) is 19.2. The Bertz CT molecular complexity index is 3190. The molecule has 8 aromatic carbocycles. The molecule has 0 aliphatic heterocycles. The summed E-state index contributed by atoms with van der Waals surface area (Å²) >= 11 is 1.83. The summed E-state index contributed by atoms with van der Waals surface area (Å²) in [6.07, 6.45) is 0. The first-order valence-electron chi connectivity index (χ1n) is 18.4. The lowest BCUT2D eigenvalue weighted by Crippen LogP contribution is -2.00. The molecule has 11 rings (SSSR count). The Morgan fingerprint density at radius 3 is 1.56 bits per heavy atom. The van der Waals surface area contributed by atoms with Crippen molar-refractivity contribution in [2.75, 3.05) is 0 Å². The Morgan fingerprint density at radius 2 is 0.873 bits per heavy atom. The number of nitrogens with zero attached hydrogens (tertiary/aromatic N) is 4. The molecular weight excluding hydrogens is 689 g/mol. The highest BCUT2D eigenvalue weighted by Gasteiger charge is 2.21. The molecule has 0 spiro atoms. The van der Waals surface area contributed by atoms with Crippen LogP contribution in [-0.2, 0) is 0 Å². The highest BCUT2D eigenvalue weighted by molar-refractivity contribution is 7.26. The second-order valence-corrected chi connectivity index (χ2v) is 14.8. The van der Waals surface area contributed by atoms with Gasteiger partial charge < -0.3 is 0 Å². The van der Waals surface area contributed by atoms with Crippen molar-refractivity contribution in [3.8, 4) is 56.5 Å². The standard InChI is InChI=1S/C50H30N4S/c1-3-14-32(15-4-1)48-52-49(33-16-5-2-6-17-33)54-50(53-48)34-28-26-31(27-29-34)37-23-13-24-41-44-40-22-11-12-25-43(40)55-47(44)46(51-45(37)41)42-30-35-18-7-8-19-36(35)38-20-9-10-21-39(38)42/h1-30H. The number of para-hydroxylation sites is 1. The molecule has 0 atom stereocenters. The van der Waals surface area contributed by atoms with Crippen LogP contribution in [0.15, 0.2) is 182 Å². The van der Waals surface area contributed by atoms with E-state index in [-0.39, 0.29) is 0 Å². The summed E-state index contributed by atoms with van der Waals surface area (Å²) in [5.41, 5.74) is 8.12. The Balaban J connectivity index is 1.12. The van der Waals surface area contributed by atoms with E-state index in [0.717, 1.165) is 50.0 Å². The minimum Gasteiger partial charge on any atom is -0.246 e. The number of aromatic nitrogens is 4. The Kier molecular flexibility index (Phi) is 7.32. The van der Waals surface area contributed by atoms with Crippen LogP contribution < -0.4 is 0 Å². The van der Waals surface area contributed by atoms with Crippen LogP contribution in [0.4, 0.5) is 0 Å². The van der Waals surface area contributed by atoms with Gasteiger partial charge in [0.15, 0.2) is 17.5 Å². The second-order valence-electron chi connectivity index (χ2n) is 13.8. The van der Waals surface area contributed by atoms with Crippen LogP contribution in [0.1, 0.15) is 0 Å². The number of hydrogen-bond donors (Lipinski definition) is 0. The number of hydrogen-bond acceptors (Lipinski definition) is 5. The van der Waals surface area contributed by atoms with Gasteiger partial charge in [0.1, 0.15) is 0 Å². The Hall–Kier alpha value is -7.08. The first-order chi connectivity index (χ1) is 27.3. The zero-order chi connectivity index (χ0) is 36.3. The van der Waals surface area contributed by atoms with Gasteiger partial charge in [0.25, 0.3) is 0 Å². The molecule has 3 aromatic heterocycles. The van der Waals surface area contributed by atoms with Crippen molar-refractivity contribution in [3.05, 3.63) is 182 Å². The molecule has 0 saturated carbocycles. The fourth-order valence-electron chi connectivity index (χ4n) is 7.91. The minimum atomic E-state index is 0.632. The molecule has 0 unspecified atom stereocenters. The van der Waals surface area contributed by atoms with Crippen molar-refractivity contribution in [2.24, 2.45) is 0 Å². The summed E-state index contributed by atoms with van der Waals surface area (Å²) in [5.74, 6) is 1.92. The molecule has 0 aliphatic rings. The first kappa shape index (κ1) is 31.4. The van der Waals surface area contributed by atoms with E-state index < -0.39 is 0 Å². The van der Waals surface area contributed by atoms with Crippen LogP contribution >= 0.6 is 11.3 Å². The SMILES string of the molecule is c1ccc(-c2nc(-c3ccccc3)nc(-c3ccc(-c4cccc5c4nc(-c4cc6ccccc6c6ccccc46)c4sc6ccccc6c45)cc3)n2)cc1. The van der Waals surface area contributed by atoms with Crippen LogP contribution in [0.2, 0.25) is 0 Å². The van der Waals surface area contributed by atoms with Gasteiger partial charge in [-0.1, -0.05) is 170 Å². The van der Waals surface area contributed by atoms with E-state index >= 15 is 0 Å². The number of pyridine rings is 1. The van der Waals surface area contributed by atoms with Gasteiger partial charge in [-0.2, -0.15) is 0 Å². The fourth-order valence-corrected chi connectivity index (χ4v) is 9.13. The number of benzene rings is 8. The normalized spacial score (nSPS) is 11.6. The van der Waals surface area contributed by atoms with Crippen molar-refractivity contribution < 1.29 is 0 Å². The molecule has 0 fully saturated rings. The average molecular weight is 719 g/mol. The van der Waals surface area contributed by atoms with Gasteiger partial charge in [-0.25, -0.2) is 19.9 Å². The lowest BCUT2D eigenvalue weighted by atomic mass is 9.93. The third-order valence-corrected chi connectivity index (χ3v) is 11.7. The summed E-state index contributed by atoms with van der Waals surface area (Å²) in [6.45, 7) is 0. The summed E-state index contributed by atoms with van der Waals surface area (Å²) in [6, 6.07) is 63.8. The summed E-state index contributed by atoms with van der Waals surface area (Å²) in [5, 5.41) is 8.56. The number of thiophene rings is 1. The zero-order valence-electron chi connectivity index (χ0n) is 29.5. The van der Waals surface area contributed by atoms with Crippen LogP contribution in [0.3, 0.4) is 0 Å². The van der Waals surface area contributed by atoms with Crippen molar-refractivity contribution in [1.82, 2.24) is 19.9 Å². The summed E-state index contributed by atoms with van der Waals surface area (Å²) < 4.78 is 2.47. The lowest BCUT2D eigenvalue weighted by Gasteiger charge is -2.14. The Labute approximate surface area is 321 Å². The molecule has 4 nitrogen and oxygen atoms in total. The highest BCUT2D eigenvalue weighted by atomic mass is 32.1. The maximum Gasteiger partial charge on any atom is 0.164 e. The molecule has 0 amide bonds. The molecule has 256 valence electrons. The smallest absolute Gasteiger partial charge is 0.164 e. The summed E-state index contributed by atoms with van der Waals surface area (Å²) in [4.78, 5) is 20.5. The van der Waals surface area contributed by atoms with Crippen LogP contribution in [0.25, 0.3) is 109 Å². The second kappa shape index (κ2) is 12.8. The quantitative estimate of drug-likeness (QED) is 0.166. The van der Waals surface area contributed by atoms with Gasteiger partial charge in [-0.3, -0.25) is 0 Å². The topological polar surface area (TPSA) is 51.6 Å². The highest BCUT2D eigenvalue weighted by Crippen LogP contribution is 2.46. The Morgan fingerprint density at radius 1 is 0.345 bits per heavy atom. The van der Waals surface area contributed by atoms with Crippen LogP contribution in [0.5, 0.6) is 0 Å². The van der Waals surface area contributed by atoms with Crippen molar-refractivity contribution >= 4 is 64.0 Å². The van der Waals surface area contributed by atoms with Gasteiger partial charge in [-0.05, 0) is 39.2 Å². The average Bonchev–Trinajstić information content (AvgIpc) is 3.66. The van der Waals surface area contributed by atoms with Gasteiger partial charge in [0.05, 0.1) is 15.9 Å². The molecule has 0 radical (unpaired) electrons. The molecule has 11 aromatic rings. The van der Waals surface area contributed by atoms with Gasteiger partial charge in [-0.15, -0.1) is 11.3 Å². The molecule has 3 heterocycles. The number of rotatable bonds is 5. The molecule has 5 heteroatoms. The third kappa shape index (κ3) is 5.28. The predicted molar refractivity (Wildman–Crippen MR) is 230 cm³/mol. The number of fused-ring (bicyclic) bond motifs is 8. The van der Waals surface area contributed by atoms with Crippen molar-refractivity contribution in [3.63, 3.8) is 0 Å². The lowest BCUT2D eigenvalue weighted by molar-refractivity contribution is 1.07. The molecule has 0 saturated heterocycles. The van der Waals surface area contributed by atoms with E-state index in [9.17, 15) is 0 Å². The molecule has 0 bridgehead atoms. The minimum absolute atomic E-state index is 0.632. The van der Waals surface area contributed by atoms with Gasteiger partial charge >= 0.3 is 0 Å². The molecular formula is C50H30N4S. The molecule has 0 aliphatic carbocycles. The van der Waals surface area contributed by atoms with E-state index in [1.165, 1.54) is 41.7 Å². The molecule has 0 N–H and O–H groups in total. The van der Waals surface area contributed by atoms with E-state index in [1.54, 1.807) is 0 Å². The molecule has 55 heavy (non-hydrogen) atoms. The zero-order valence-corrected chi connectivity index (χ0v) is 30.3. The third-order valence-electron chi connectivity index (χ3n) is 10.5. The van der Waals surface area contributed by atoms with Crippen LogP contribution in [-0.4, -0.2) is 19.9 Å². The van der Waals surface area contributed by atoms with Crippen molar-refractivity contribution in [2.45, 2.75) is 0 Å². The monoisotopic (exact) mass is 718 g/mol. The fraction of sp³-hybridized carbons (Fsp3) is 0. The maximum absolute atomic E-state index is 5.65. The van der Waals surface area contributed by atoms with Gasteiger partial charge in [0, 0.05) is 48.7 Å². The largest absolute Gasteiger partial charge is 0.246 e. The maximum atomic E-state index is 5.65. The van der Waals surface area contributed by atoms with Gasteiger partial charge in [0.2, 0.25) is 0 Å². The van der Waals surface area contributed by atoms with E-state index in [2.05, 4.69) is 121 Å². The van der Waals surface area contributed by atoms with E-state index in [4.69, 9.17) is 19.9 Å². The predicted octanol–water partition coefficient (Wildman–Crippen LogP) is 13.4. The van der Waals surface area contributed by atoms with Crippen molar-refractivity contribution in [1.29, 1.82) is 0 Å². The summed E-state index contributed by atoms with van der Waals surface area (Å²) in [7, 11) is 0. The van der Waals surface area contributed by atoms with E-state index in [1.807, 2.05) is 72.0 Å². The van der Waals surface area contributed by atoms with Crippen LogP contribution in [0, 0.1) is 0 Å². The van der Waals surface area contributed by atoms with E-state index in [0.29, 0.717) is 17.5 Å².